The first kappa shape index (κ1) is 9.51. The molecule has 0 aromatic heterocycles. The zero-order chi connectivity index (χ0) is 9.31. The third-order valence-electron chi connectivity index (χ3n) is 4.06. The highest BCUT2D eigenvalue weighted by Crippen LogP contribution is 2.48. The molecule has 2 unspecified atom stereocenters. The summed E-state index contributed by atoms with van der Waals surface area (Å²) in [5.74, 6) is 2.12. The van der Waals surface area contributed by atoms with Gasteiger partial charge in [0.25, 0.3) is 0 Å². The molecule has 13 heavy (non-hydrogen) atoms. The monoisotopic (exact) mass is 181 g/mol. The van der Waals surface area contributed by atoms with E-state index in [2.05, 4.69) is 19.3 Å². The third kappa shape index (κ3) is 2.07. The summed E-state index contributed by atoms with van der Waals surface area (Å²) >= 11 is 0. The van der Waals surface area contributed by atoms with E-state index in [9.17, 15) is 0 Å². The number of hydrogen-bond acceptors (Lipinski definition) is 1. The molecule has 2 atom stereocenters. The molecule has 1 N–H and O–H groups in total. The molecule has 0 amide bonds. The highest BCUT2D eigenvalue weighted by atomic mass is 14.8. The van der Waals surface area contributed by atoms with Crippen LogP contribution in [0, 0.1) is 17.3 Å². The highest BCUT2D eigenvalue weighted by molar-refractivity contribution is 4.90. The molecule has 0 heterocycles. The van der Waals surface area contributed by atoms with E-state index in [1.165, 1.54) is 38.6 Å². The molecule has 2 bridgehead atoms. The van der Waals surface area contributed by atoms with Crippen molar-refractivity contribution in [2.75, 3.05) is 13.6 Å². The maximum atomic E-state index is 3.37. The van der Waals surface area contributed by atoms with E-state index in [-0.39, 0.29) is 0 Å². The fraction of sp³-hybridized carbons (Fsp3) is 1.00. The maximum Gasteiger partial charge on any atom is 0.000236 e. The van der Waals surface area contributed by atoms with Gasteiger partial charge in [-0.05, 0) is 43.6 Å². The highest BCUT2D eigenvalue weighted by Gasteiger charge is 2.38. The lowest BCUT2D eigenvalue weighted by Gasteiger charge is -2.45. The van der Waals surface area contributed by atoms with Crippen molar-refractivity contribution in [2.24, 2.45) is 17.3 Å². The predicted molar refractivity (Wildman–Crippen MR) is 56.7 cm³/mol. The van der Waals surface area contributed by atoms with Crippen LogP contribution in [-0.2, 0) is 0 Å². The van der Waals surface area contributed by atoms with E-state index in [1.54, 1.807) is 6.42 Å². The van der Waals surface area contributed by atoms with Crippen LogP contribution in [0.1, 0.15) is 45.4 Å². The van der Waals surface area contributed by atoms with Crippen LogP contribution in [0.15, 0.2) is 0 Å². The number of rotatable bonds is 2. The Balaban J connectivity index is 2.00. The Kier molecular flexibility index (Phi) is 2.64. The quantitative estimate of drug-likeness (QED) is 0.690. The first-order valence-electron chi connectivity index (χ1n) is 5.86. The summed E-state index contributed by atoms with van der Waals surface area (Å²) in [6.45, 7) is 3.70. The first-order valence-corrected chi connectivity index (χ1v) is 5.86. The molecule has 0 aliphatic heterocycles. The summed E-state index contributed by atoms with van der Waals surface area (Å²) in [7, 11) is 2.09. The zero-order valence-corrected chi connectivity index (χ0v) is 9.10. The molecule has 0 saturated heterocycles. The molecular weight excluding hydrogens is 158 g/mol. The summed E-state index contributed by atoms with van der Waals surface area (Å²) in [4.78, 5) is 0. The molecule has 2 saturated carbocycles. The summed E-state index contributed by atoms with van der Waals surface area (Å²) in [6.07, 6.45) is 9.02. The van der Waals surface area contributed by atoms with Gasteiger partial charge < -0.3 is 5.32 Å². The van der Waals surface area contributed by atoms with Crippen LogP contribution in [0.3, 0.4) is 0 Å². The van der Waals surface area contributed by atoms with Gasteiger partial charge in [0.2, 0.25) is 0 Å². The van der Waals surface area contributed by atoms with Gasteiger partial charge in [0.15, 0.2) is 0 Å². The summed E-state index contributed by atoms with van der Waals surface area (Å²) in [5.41, 5.74) is 0.614. The zero-order valence-electron chi connectivity index (χ0n) is 9.10. The van der Waals surface area contributed by atoms with E-state index in [4.69, 9.17) is 0 Å². The van der Waals surface area contributed by atoms with Gasteiger partial charge in [0.05, 0.1) is 0 Å². The lowest BCUT2D eigenvalue weighted by molar-refractivity contribution is 0.0698. The Labute approximate surface area is 82.3 Å². The van der Waals surface area contributed by atoms with Crippen molar-refractivity contribution in [1.29, 1.82) is 0 Å². The lowest BCUT2D eigenvalue weighted by Crippen LogP contribution is -2.39. The van der Waals surface area contributed by atoms with Crippen LogP contribution in [0.4, 0.5) is 0 Å². The Morgan fingerprint density at radius 3 is 2.38 bits per heavy atom. The van der Waals surface area contributed by atoms with E-state index < -0.39 is 0 Å². The van der Waals surface area contributed by atoms with E-state index in [0.717, 1.165) is 11.8 Å². The van der Waals surface area contributed by atoms with Crippen LogP contribution in [0.5, 0.6) is 0 Å². The minimum Gasteiger partial charge on any atom is -0.319 e. The fourth-order valence-electron chi connectivity index (χ4n) is 3.82. The van der Waals surface area contributed by atoms with Crippen LogP contribution in [-0.4, -0.2) is 13.6 Å². The van der Waals surface area contributed by atoms with Crippen molar-refractivity contribution < 1.29 is 0 Å². The van der Waals surface area contributed by atoms with E-state index in [1.807, 2.05) is 0 Å². The van der Waals surface area contributed by atoms with Crippen molar-refractivity contribution in [3.63, 3.8) is 0 Å². The van der Waals surface area contributed by atoms with Crippen molar-refractivity contribution in [3.05, 3.63) is 0 Å². The average molecular weight is 181 g/mol. The Hall–Kier alpha value is -0.0400. The third-order valence-corrected chi connectivity index (χ3v) is 4.06. The molecule has 2 aliphatic rings. The summed E-state index contributed by atoms with van der Waals surface area (Å²) in [6, 6.07) is 0. The standard InChI is InChI=1S/C12H23N/c1-12(9-13-2)7-10-4-3-5-11(6-10)8-12/h10-11,13H,3-9H2,1-2H3. The molecule has 0 radical (unpaired) electrons. The molecule has 2 fully saturated rings. The van der Waals surface area contributed by atoms with Gasteiger partial charge in [0, 0.05) is 6.54 Å². The van der Waals surface area contributed by atoms with Gasteiger partial charge in [-0.2, -0.15) is 0 Å². The van der Waals surface area contributed by atoms with Crippen molar-refractivity contribution >= 4 is 0 Å². The van der Waals surface area contributed by atoms with E-state index >= 15 is 0 Å². The van der Waals surface area contributed by atoms with Gasteiger partial charge in [-0.25, -0.2) is 0 Å². The normalized spacial score (nSPS) is 44.8. The molecular formula is C12H23N. The molecule has 0 aromatic rings. The summed E-state index contributed by atoms with van der Waals surface area (Å²) < 4.78 is 0. The fourth-order valence-corrected chi connectivity index (χ4v) is 3.82. The summed E-state index contributed by atoms with van der Waals surface area (Å²) in [5, 5.41) is 3.37. The first-order chi connectivity index (χ1) is 6.22. The topological polar surface area (TPSA) is 12.0 Å². The van der Waals surface area contributed by atoms with Crippen molar-refractivity contribution in [2.45, 2.75) is 45.4 Å². The number of nitrogens with one attached hydrogen (secondary N) is 1. The Morgan fingerprint density at radius 2 is 1.85 bits per heavy atom. The smallest absolute Gasteiger partial charge is 0.000236 e. The van der Waals surface area contributed by atoms with Crippen LogP contribution in [0.25, 0.3) is 0 Å². The second kappa shape index (κ2) is 3.61. The van der Waals surface area contributed by atoms with Crippen LogP contribution < -0.4 is 5.32 Å². The van der Waals surface area contributed by atoms with Crippen molar-refractivity contribution in [1.82, 2.24) is 5.32 Å². The van der Waals surface area contributed by atoms with Gasteiger partial charge in [-0.15, -0.1) is 0 Å². The minimum atomic E-state index is 0.614. The lowest BCUT2D eigenvalue weighted by atomic mass is 9.61. The molecule has 1 heteroatoms. The maximum absolute atomic E-state index is 3.37. The van der Waals surface area contributed by atoms with Gasteiger partial charge >= 0.3 is 0 Å². The van der Waals surface area contributed by atoms with Crippen molar-refractivity contribution in [3.8, 4) is 0 Å². The van der Waals surface area contributed by atoms with E-state index in [0.29, 0.717) is 5.41 Å². The predicted octanol–water partition coefficient (Wildman–Crippen LogP) is 2.81. The largest absolute Gasteiger partial charge is 0.319 e. The minimum absolute atomic E-state index is 0.614. The van der Waals surface area contributed by atoms with Gasteiger partial charge in [0.1, 0.15) is 0 Å². The molecule has 76 valence electrons. The Morgan fingerprint density at radius 1 is 1.23 bits per heavy atom. The van der Waals surface area contributed by atoms with Gasteiger partial charge in [-0.3, -0.25) is 0 Å². The van der Waals surface area contributed by atoms with Crippen LogP contribution in [0.2, 0.25) is 0 Å². The molecule has 2 rings (SSSR count). The SMILES string of the molecule is CNCC1(C)CC2CCCC(C2)C1. The van der Waals surface area contributed by atoms with Crippen LogP contribution >= 0.6 is 0 Å². The number of hydrogen-bond donors (Lipinski definition) is 1. The molecule has 0 aromatic carbocycles. The van der Waals surface area contributed by atoms with Gasteiger partial charge in [-0.1, -0.05) is 26.2 Å². The second-order valence-corrected chi connectivity index (χ2v) is 5.65. The molecule has 0 spiro atoms. The average Bonchev–Trinajstić information content (AvgIpc) is 2.02. The second-order valence-electron chi connectivity index (χ2n) is 5.65. The molecule has 1 nitrogen and oxygen atoms in total. The molecule has 2 aliphatic carbocycles. The Bertz CT molecular complexity index is 164. The number of fused-ring (bicyclic) bond motifs is 2.